The molecule has 2 amide bonds. The van der Waals surface area contributed by atoms with E-state index in [0.717, 1.165) is 23.7 Å². The lowest BCUT2D eigenvalue weighted by Gasteiger charge is -2.14. The Balaban J connectivity index is 1.57. The topological polar surface area (TPSA) is 78.1 Å². The Labute approximate surface area is 121 Å². The minimum atomic E-state index is -0.270. The molecule has 1 saturated heterocycles. The third-order valence-electron chi connectivity index (χ3n) is 4.13. The molecule has 1 aliphatic heterocycles. The molecule has 1 aromatic heterocycles. The van der Waals surface area contributed by atoms with Crippen molar-refractivity contribution in [3.63, 3.8) is 0 Å². The van der Waals surface area contributed by atoms with Crippen LogP contribution in [0.5, 0.6) is 0 Å². The summed E-state index contributed by atoms with van der Waals surface area (Å²) in [7, 11) is 0. The Bertz CT molecular complexity index is 719. The number of hydrogen-bond donors (Lipinski definition) is 2. The molecule has 6 heteroatoms. The molecule has 1 aromatic carbocycles. The first kappa shape index (κ1) is 12.4. The molecule has 1 saturated carbocycles. The Morgan fingerprint density at radius 3 is 2.95 bits per heavy atom. The van der Waals surface area contributed by atoms with Crippen molar-refractivity contribution in [1.82, 2.24) is 15.5 Å². The molecular weight excluding hydrogens is 268 g/mol. The lowest BCUT2D eigenvalue weighted by molar-refractivity contribution is -0.126. The van der Waals surface area contributed by atoms with Crippen LogP contribution >= 0.6 is 0 Å². The number of amides is 2. The summed E-state index contributed by atoms with van der Waals surface area (Å²) in [5.41, 5.74) is 0.895. The molecule has 0 spiro atoms. The quantitative estimate of drug-likeness (QED) is 0.889. The first-order chi connectivity index (χ1) is 10.2. The maximum absolute atomic E-state index is 12.2. The van der Waals surface area contributed by atoms with E-state index >= 15 is 0 Å². The number of benzene rings is 1. The lowest BCUT2D eigenvalue weighted by atomic mass is 10.1. The summed E-state index contributed by atoms with van der Waals surface area (Å²) in [5, 5.41) is 11.1. The number of nitrogens with zero attached hydrogens (tertiary/aromatic N) is 2. The van der Waals surface area contributed by atoms with Crippen molar-refractivity contribution >= 4 is 28.5 Å². The van der Waals surface area contributed by atoms with Gasteiger partial charge >= 0.3 is 0 Å². The van der Waals surface area contributed by atoms with Crippen molar-refractivity contribution in [2.75, 3.05) is 11.4 Å². The number of aromatic nitrogens is 2. The maximum atomic E-state index is 12.2. The van der Waals surface area contributed by atoms with Crippen LogP contribution in [0, 0.1) is 5.92 Å². The Kier molecular flexibility index (Phi) is 2.70. The second kappa shape index (κ2) is 4.58. The van der Waals surface area contributed by atoms with Crippen LogP contribution in [0.4, 0.5) is 5.82 Å². The fraction of sp³-hybridized carbons (Fsp3) is 0.400. The monoisotopic (exact) mass is 284 g/mol. The van der Waals surface area contributed by atoms with Crippen molar-refractivity contribution in [3.8, 4) is 0 Å². The highest BCUT2D eigenvalue weighted by atomic mass is 16.2. The van der Waals surface area contributed by atoms with Gasteiger partial charge in [0.05, 0.1) is 11.4 Å². The molecule has 2 aliphatic rings. The highest BCUT2D eigenvalue weighted by molar-refractivity contribution is 6.05. The van der Waals surface area contributed by atoms with Crippen molar-refractivity contribution in [2.24, 2.45) is 5.92 Å². The van der Waals surface area contributed by atoms with Gasteiger partial charge in [-0.15, -0.1) is 0 Å². The lowest BCUT2D eigenvalue weighted by Crippen LogP contribution is -2.34. The van der Waals surface area contributed by atoms with Crippen LogP contribution in [0.2, 0.25) is 0 Å². The largest absolute Gasteiger partial charge is 0.353 e. The van der Waals surface area contributed by atoms with Gasteiger partial charge in [-0.2, -0.15) is 5.10 Å². The number of carbonyl (C=O) groups is 2. The molecular formula is C15H16N4O2. The minimum absolute atomic E-state index is 0.00630. The molecule has 21 heavy (non-hydrogen) atoms. The molecule has 1 unspecified atom stereocenters. The molecule has 0 bridgehead atoms. The summed E-state index contributed by atoms with van der Waals surface area (Å²) >= 11 is 0. The summed E-state index contributed by atoms with van der Waals surface area (Å²) in [6.45, 7) is 0.409. The van der Waals surface area contributed by atoms with Gasteiger partial charge in [0.2, 0.25) is 11.8 Å². The van der Waals surface area contributed by atoms with E-state index in [1.165, 1.54) is 0 Å². The molecule has 108 valence electrons. The van der Waals surface area contributed by atoms with Crippen LogP contribution < -0.4 is 10.2 Å². The first-order valence-corrected chi connectivity index (χ1v) is 7.26. The van der Waals surface area contributed by atoms with Crippen molar-refractivity contribution in [1.29, 1.82) is 0 Å². The van der Waals surface area contributed by atoms with Gasteiger partial charge in [-0.05, 0) is 25.0 Å². The van der Waals surface area contributed by atoms with E-state index in [1.807, 2.05) is 24.3 Å². The molecule has 2 fully saturated rings. The second-order valence-electron chi connectivity index (χ2n) is 5.78. The average Bonchev–Trinajstić information content (AvgIpc) is 3.06. The van der Waals surface area contributed by atoms with Crippen LogP contribution in [0.15, 0.2) is 24.3 Å². The first-order valence-electron chi connectivity index (χ1n) is 7.26. The third-order valence-corrected chi connectivity index (χ3v) is 4.13. The Morgan fingerprint density at radius 1 is 1.33 bits per heavy atom. The zero-order valence-corrected chi connectivity index (χ0v) is 11.5. The molecule has 4 rings (SSSR count). The predicted molar refractivity (Wildman–Crippen MR) is 77.7 cm³/mol. The number of fused-ring (bicyclic) bond motifs is 1. The number of anilines is 1. The summed E-state index contributed by atoms with van der Waals surface area (Å²) in [4.78, 5) is 25.9. The molecule has 2 N–H and O–H groups in total. The maximum Gasteiger partial charge on any atom is 0.229 e. The summed E-state index contributed by atoms with van der Waals surface area (Å²) in [6, 6.07) is 8.01. The second-order valence-corrected chi connectivity index (χ2v) is 5.78. The zero-order chi connectivity index (χ0) is 14.4. The predicted octanol–water partition coefficient (Wildman–Crippen LogP) is 1.19. The fourth-order valence-corrected chi connectivity index (χ4v) is 2.79. The zero-order valence-electron chi connectivity index (χ0n) is 11.5. The third kappa shape index (κ3) is 2.16. The van der Waals surface area contributed by atoms with Crippen LogP contribution in [-0.2, 0) is 9.59 Å². The van der Waals surface area contributed by atoms with Gasteiger partial charge < -0.3 is 5.32 Å². The number of H-pyrrole nitrogens is 1. The van der Waals surface area contributed by atoms with Gasteiger partial charge in [-0.3, -0.25) is 19.6 Å². The summed E-state index contributed by atoms with van der Waals surface area (Å²) in [5.74, 6) is 0.308. The van der Waals surface area contributed by atoms with Crippen LogP contribution in [-0.4, -0.2) is 34.6 Å². The molecule has 1 aliphatic carbocycles. The van der Waals surface area contributed by atoms with Gasteiger partial charge in [0.15, 0.2) is 5.82 Å². The van der Waals surface area contributed by atoms with Gasteiger partial charge in [-0.1, -0.05) is 12.1 Å². The Morgan fingerprint density at radius 2 is 2.14 bits per heavy atom. The molecule has 2 heterocycles. The van der Waals surface area contributed by atoms with E-state index in [2.05, 4.69) is 15.5 Å². The molecule has 0 radical (unpaired) electrons. The van der Waals surface area contributed by atoms with Gasteiger partial charge in [0, 0.05) is 24.4 Å². The highest BCUT2D eigenvalue weighted by Gasteiger charge is 2.38. The van der Waals surface area contributed by atoms with Crippen LogP contribution in [0.3, 0.4) is 0 Å². The molecule has 2 aromatic rings. The fourth-order valence-electron chi connectivity index (χ4n) is 2.79. The van der Waals surface area contributed by atoms with Crippen molar-refractivity contribution in [2.45, 2.75) is 25.3 Å². The number of para-hydroxylation sites is 1. The van der Waals surface area contributed by atoms with Crippen LogP contribution in [0.1, 0.15) is 19.3 Å². The highest BCUT2D eigenvalue weighted by Crippen LogP contribution is 2.30. The number of carbonyl (C=O) groups excluding carboxylic acids is 2. The molecule has 6 nitrogen and oxygen atoms in total. The van der Waals surface area contributed by atoms with E-state index in [0.29, 0.717) is 18.4 Å². The normalized spacial score (nSPS) is 22.0. The minimum Gasteiger partial charge on any atom is -0.353 e. The standard InChI is InChI=1S/C15H16N4O2/c20-13-7-9(15(21)16-10-5-6-10)8-19(13)14-11-3-1-2-4-12(11)17-18-14/h1-4,9-10H,5-8H2,(H,16,21)(H,17,18). The molecule has 1 atom stereocenters. The van der Waals surface area contributed by atoms with Crippen molar-refractivity contribution in [3.05, 3.63) is 24.3 Å². The number of nitrogens with one attached hydrogen (secondary N) is 2. The average molecular weight is 284 g/mol. The van der Waals surface area contributed by atoms with E-state index in [1.54, 1.807) is 4.90 Å². The smallest absolute Gasteiger partial charge is 0.229 e. The number of aromatic amines is 1. The number of hydrogen-bond acceptors (Lipinski definition) is 3. The Hall–Kier alpha value is -2.37. The van der Waals surface area contributed by atoms with Gasteiger partial charge in [0.1, 0.15) is 0 Å². The van der Waals surface area contributed by atoms with E-state index in [9.17, 15) is 9.59 Å². The van der Waals surface area contributed by atoms with Gasteiger partial charge in [-0.25, -0.2) is 0 Å². The summed E-state index contributed by atoms with van der Waals surface area (Å²) in [6.07, 6.45) is 2.37. The van der Waals surface area contributed by atoms with E-state index in [4.69, 9.17) is 0 Å². The summed E-state index contributed by atoms with van der Waals surface area (Å²) < 4.78 is 0. The van der Waals surface area contributed by atoms with E-state index < -0.39 is 0 Å². The SMILES string of the molecule is O=C(NC1CC1)C1CC(=O)N(c2n[nH]c3ccccc23)C1. The number of rotatable bonds is 3. The van der Waals surface area contributed by atoms with Gasteiger partial charge in [0.25, 0.3) is 0 Å². The van der Waals surface area contributed by atoms with E-state index in [-0.39, 0.29) is 24.2 Å². The van der Waals surface area contributed by atoms with Crippen molar-refractivity contribution < 1.29 is 9.59 Å². The van der Waals surface area contributed by atoms with Crippen LogP contribution in [0.25, 0.3) is 10.9 Å².